The molecule has 0 aliphatic carbocycles. The lowest BCUT2D eigenvalue weighted by molar-refractivity contribution is 0.230. The maximum absolute atomic E-state index is 5.85. The Hall–Kier alpha value is -2.56. The SMILES string of the molecule is CCCCCCOc1nc2ccc3c(ccc4nc(C)oc43)c2o1. The smallest absolute Gasteiger partial charge is 0.394 e. The molecule has 5 heteroatoms. The van der Waals surface area contributed by atoms with Crippen LogP contribution >= 0.6 is 0 Å². The van der Waals surface area contributed by atoms with Crippen molar-refractivity contribution >= 4 is 33.0 Å². The molecule has 0 amide bonds. The summed E-state index contributed by atoms with van der Waals surface area (Å²) in [6.07, 6.45) is 4.97. The van der Waals surface area contributed by atoms with Crippen molar-refractivity contribution in [3.05, 3.63) is 30.2 Å². The van der Waals surface area contributed by atoms with E-state index in [1.54, 1.807) is 0 Å². The van der Waals surface area contributed by atoms with Crippen LogP contribution in [0, 0.1) is 6.92 Å². The van der Waals surface area contributed by atoms with E-state index in [-0.39, 0.29) is 0 Å². The molecule has 0 unspecified atom stereocenters. The Morgan fingerprint density at radius 1 is 0.875 bits per heavy atom. The molecule has 5 nitrogen and oxygen atoms in total. The summed E-state index contributed by atoms with van der Waals surface area (Å²) in [5, 5.41) is 1.94. The van der Waals surface area contributed by atoms with Gasteiger partial charge >= 0.3 is 6.08 Å². The summed E-state index contributed by atoms with van der Waals surface area (Å²) in [5.41, 5.74) is 3.16. The fraction of sp³-hybridized carbons (Fsp3) is 0.368. The molecule has 4 aromatic rings. The molecule has 2 heterocycles. The quantitative estimate of drug-likeness (QED) is 0.445. The number of oxazole rings is 2. The predicted molar refractivity (Wildman–Crippen MR) is 93.5 cm³/mol. The maximum atomic E-state index is 5.85. The molecule has 0 aliphatic rings. The third-order valence-electron chi connectivity index (χ3n) is 4.21. The third kappa shape index (κ3) is 2.60. The van der Waals surface area contributed by atoms with Gasteiger partial charge in [0.05, 0.1) is 6.61 Å². The lowest BCUT2D eigenvalue weighted by Gasteiger charge is -2.00. The highest BCUT2D eigenvalue weighted by atomic mass is 16.6. The van der Waals surface area contributed by atoms with E-state index in [1.165, 1.54) is 19.3 Å². The first-order valence-electron chi connectivity index (χ1n) is 8.48. The van der Waals surface area contributed by atoms with Crippen LogP contribution in [0.1, 0.15) is 38.5 Å². The van der Waals surface area contributed by atoms with Crippen molar-refractivity contribution < 1.29 is 13.6 Å². The van der Waals surface area contributed by atoms with E-state index in [0.717, 1.165) is 39.4 Å². The number of nitrogens with zero attached hydrogens (tertiary/aromatic N) is 2. The van der Waals surface area contributed by atoms with Crippen LogP contribution in [-0.4, -0.2) is 16.6 Å². The Labute approximate surface area is 139 Å². The van der Waals surface area contributed by atoms with Gasteiger partial charge in [0.1, 0.15) is 11.0 Å². The fourth-order valence-electron chi connectivity index (χ4n) is 3.02. The molecule has 124 valence electrons. The van der Waals surface area contributed by atoms with Gasteiger partial charge in [-0.25, -0.2) is 4.98 Å². The maximum Gasteiger partial charge on any atom is 0.394 e. The van der Waals surface area contributed by atoms with Crippen molar-refractivity contribution in [1.29, 1.82) is 0 Å². The number of hydrogen-bond donors (Lipinski definition) is 0. The van der Waals surface area contributed by atoms with Crippen LogP contribution in [-0.2, 0) is 0 Å². The van der Waals surface area contributed by atoms with Crippen molar-refractivity contribution in [2.24, 2.45) is 0 Å². The standard InChI is InChI=1S/C19H20N2O3/c1-3-4-5-6-11-22-19-21-16-10-8-13-14(18(16)24-19)7-9-15-17(13)23-12(2)20-15/h7-10H,3-6,11H2,1-2H3. The van der Waals surface area contributed by atoms with Crippen LogP contribution in [0.5, 0.6) is 6.08 Å². The molecule has 0 bridgehead atoms. The number of ether oxygens (including phenoxy) is 1. The van der Waals surface area contributed by atoms with Gasteiger partial charge in [0.25, 0.3) is 0 Å². The third-order valence-corrected chi connectivity index (χ3v) is 4.21. The summed E-state index contributed by atoms with van der Waals surface area (Å²) in [7, 11) is 0. The van der Waals surface area contributed by atoms with E-state index in [2.05, 4.69) is 16.9 Å². The number of unbranched alkanes of at least 4 members (excludes halogenated alkanes) is 3. The average molecular weight is 324 g/mol. The molecule has 0 spiro atoms. The summed E-state index contributed by atoms with van der Waals surface area (Å²) in [6.45, 7) is 4.68. The Morgan fingerprint density at radius 3 is 2.33 bits per heavy atom. The minimum absolute atomic E-state index is 0.336. The van der Waals surface area contributed by atoms with E-state index < -0.39 is 0 Å². The predicted octanol–water partition coefficient (Wildman–Crippen LogP) is 5.39. The average Bonchev–Trinajstić information content (AvgIpc) is 3.16. The molecule has 4 rings (SSSR count). The summed E-state index contributed by atoms with van der Waals surface area (Å²) in [5.74, 6) is 0.659. The zero-order valence-electron chi connectivity index (χ0n) is 14.0. The minimum Gasteiger partial charge on any atom is -0.450 e. The van der Waals surface area contributed by atoms with Crippen LogP contribution in [0.25, 0.3) is 33.0 Å². The van der Waals surface area contributed by atoms with E-state index in [9.17, 15) is 0 Å². The van der Waals surface area contributed by atoms with Crippen molar-refractivity contribution in [3.63, 3.8) is 0 Å². The zero-order valence-corrected chi connectivity index (χ0v) is 14.0. The molecule has 2 aromatic heterocycles. The molecular weight excluding hydrogens is 304 g/mol. The largest absolute Gasteiger partial charge is 0.450 e. The van der Waals surface area contributed by atoms with Crippen molar-refractivity contribution in [1.82, 2.24) is 9.97 Å². The second kappa shape index (κ2) is 6.15. The first kappa shape index (κ1) is 15.0. The van der Waals surface area contributed by atoms with Crippen LogP contribution in [0.4, 0.5) is 0 Å². The molecule has 0 atom stereocenters. The highest BCUT2D eigenvalue weighted by Crippen LogP contribution is 2.33. The lowest BCUT2D eigenvalue weighted by atomic mass is 10.1. The molecule has 0 saturated heterocycles. The number of rotatable bonds is 6. The monoisotopic (exact) mass is 324 g/mol. The summed E-state index contributed by atoms with van der Waals surface area (Å²) in [6, 6.07) is 7.88. The zero-order chi connectivity index (χ0) is 16.5. The first-order valence-corrected chi connectivity index (χ1v) is 8.48. The van der Waals surface area contributed by atoms with E-state index in [0.29, 0.717) is 18.6 Å². The highest BCUT2D eigenvalue weighted by molar-refractivity contribution is 6.12. The Bertz CT molecular complexity index is 1000. The van der Waals surface area contributed by atoms with Gasteiger partial charge in [0.2, 0.25) is 0 Å². The van der Waals surface area contributed by atoms with Gasteiger partial charge in [-0.05, 0) is 30.7 Å². The number of aromatic nitrogens is 2. The Balaban J connectivity index is 1.68. The molecule has 0 aliphatic heterocycles. The Morgan fingerprint density at radius 2 is 1.58 bits per heavy atom. The summed E-state index contributed by atoms with van der Waals surface area (Å²) in [4.78, 5) is 8.81. The molecule has 0 fully saturated rings. The first-order chi connectivity index (χ1) is 11.8. The van der Waals surface area contributed by atoms with Gasteiger partial charge in [-0.2, -0.15) is 4.98 Å². The van der Waals surface area contributed by atoms with Crippen molar-refractivity contribution in [2.45, 2.75) is 39.5 Å². The molecular formula is C19H20N2O3. The molecule has 0 radical (unpaired) electrons. The van der Waals surface area contributed by atoms with Gasteiger partial charge in [0, 0.05) is 17.7 Å². The molecule has 0 N–H and O–H groups in total. The summed E-state index contributed by atoms with van der Waals surface area (Å²) < 4.78 is 17.2. The van der Waals surface area contributed by atoms with Crippen LogP contribution < -0.4 is 4.74 Å². The number of aryl methyl sites for hydroxylation is 1. The normalized spacial score (nSPS) is 11.8. The number of hydrogen-bond acceptors (Lipinski definition) is 5. The molecule has 2 aromatic carbocycles. The van der Waals surface area contributed by atoms with Crippen molar-refractivity contribution in [2.75, 3.05) is 6.61 Å². The van der Waals surface area contributed by atoms with Gasteiger partial charge in [-0.3, -0.25) is 0 Å². The van der Waals surface area contributed by atoms with E-state index in [1.807, 2.05) is 31.2 Å². The van der Waals surface area contributed by atoms with E-state index in [4.69, 9.17) is 13.6 Å². The number of benzene rings is 2. The highest BCUT2D eigenvalue weighted by Gasteiger charge is 2.14. The Kier molecular flexibility index (Phi) is 3.84. The molecule has 24 heavy (non-hydrogen) atoms. The van der Waals surface area contributed by atoms with Crippen LogP contribution in [0.2, 0.25) is 0 Å². The summed E-state index contributed by atoms with van der Waals surface area (Å²) >= 11 is 0. The van der Waals surface area contributed by atoms with Gasteiger partial charge < -0.3 is 13.6 Å². The lowest BCUT2D eigenvalue weighted by Crippen LogP contribution is -1.96. The minimum atomic E-state index is 0.336. The second-order valence-corrected chi connectivity index (χ2v) is 6.04. The van der Waals surface area contributed by atoms with Gasteiger partial charge in [-0.1, -0.05) is 26.2 Å². The second-order valence-electron chi connectivity index (χ2n) is 6.04. The van der Waals surface area contributed by atoms with E-state index >= 15 is 0 Å². The van der Waals surface area contributed by atoms with Gasteiger partial charge in [-0.15, -0.1) is 0 Å². The fourth-order valence-corrected chi connectivity index (χ4v) is 3.02. The van der Waals surface area contributed by atoms with Gasteiger partial charge in [0.15, 0.2) is 17.1 Å². The van der Waals surface area contributed by atoms with Crippen LogP contribution in [0.15, 0.2) is 33.1 Å². The van der Waals surface area contributed by atoms with Crippen LogP contribution in [0.3, 0.4) is 0 Å². The number of fused-ring (bicyclic) bond motifs is 5. The molecule has 0 saturated carbocycles. The van der Waals surface area contributed by atoms with Crippen molar-refractivity contribution in [3.8, 4) is 6.08 Å². The topological polar surface area (TPSA) is 61.3 Å².